The smallest absolute Gasteiger partial charge is 0.287 e. The van der Waals surface area contributed by atoms with Crippen molar-refractivity contribution < 1.29 is 23.3 Å². The van der Waals surface area contributed by atoms with Crippen LogP contribution >= 0.6 is 0 Å². The molecule has 3 aromatic carbocycles. The second-order valence-corrected chi connectivity index (χ2v) is 8.77. The Morgan fingerprint density at radius 3 is 2.35 bits per heavy atom. The molecular weight excluding hydrogens is 414 g/mol. The Morgan fingerprint density at radius 1 is 1.06 bits per heavy atom. The summed E-state index contributed by atoms with van der Waals surface area (Å²) in [4.78, 5) is 13.3. The van der Waals surface area contributed by atoms with Crippen molar-refractivity contribution in [3.63, 3.8) is 0 Å². The van der Waals surface area contributed by atoms with E-state index < -0.39 is 16.1 Å². The van der Waals surface area contributed by atoms with Crippen LogP contribution in [0.5, 0.6) is 5.75 Å². The molecule has 1 amide bonds. The van der Waals surface area contributed by atoms with Gasteiger partial charge >= 0.3 is 0 Å². The van der Waals surface area contributed by atoms with Gasteiger partial charge in [0.2, 0.25) is 10.0 Å². The first kappa shape index (κ1) is 22.5. The van der Waals surface area contributed by atoms with E-state index in [1.54, 1.807) is 19.2 Å². The van der Waals surface area contributed by atoms with Gasteiger partial charge in [-0.2, -0.15) is 0 Å². The number of hydrogen-bond acceptors (Lipinski definition) is 4. The van der Waals surface area contributed by atoms with Crippen LogP contribution in [0.2, 0.25) is 0 Å². The maximum Gasteiger partial charge on any atom is 0.287 e. The van der Waals surface area contributed by atoms with Crippen LogP contribution in [-0.2, 0) is 21.4 Å². The monoisotopic (exact) mass is 440 g/mol. The third-order valence-electron chi connectivity index (χ3n) is 4.90. The standard InChI is InChI=1S/C23H25N3O4S/c1-16-8-13-21(30-2)20(14-16)26-23(27)22(18-6-4-3-5-7-18)25-15-17-9-11-19(12-10-17)31(24,28)29/h3-14,22,25H,15H2,1-2H3,(H,26,27)(H2,24,28,29)/p+1/t22-/m1/s1. The number of nitrogens with two attached hydrogens (primary N) is 2. The molecule has 0 heterocycles. The second-order valence-electron chi connectivity index (χ2n) is 7.21. The Balaban J connectivity index is 1.81. The molecule has 0 aliphatic rings. The molecule has 162 valence electrons. The van der Waals surface area contributed by atoms with E-state index >= 15 is 0 Å². The van der Waals surface area contributed by atoms with Gasteiger partial charge in [-0.25, -0.2) is 13.6 Å². The summed E-state index contributed by atoms with van der Waals surface area (Å²) >= 11 is 0. The van der Waals surface area contributed by atoms with E-state index in [0.717, 1.165) is 16.7 Å². The number of rotatable bonds is 8. The number of aryl methyl sites for hydroxylation is 1. The third-order valence-corrected chi connectivity index (χ3v) is 5.82. The van der Waals surface area contributed by atoms with Crippen LogP contribution in [0.15, 0.2) is 77.7 Å². The maximum absolute atomic E-state index is 13.2. The van der Waals surface area contributed by atoms with Gasteiger partial charge in [0.15, 0.2) is 6.04 Å². The molecule has 0 spiro atoms. The van der Waals surface area contributed by atoms with Gasteiger partial charge in [0.25, 0.3) is 5.91 Å². The van der Waals surface area contributed by atoms with Gasteiger partial charge in [-0.3, -0.25) is 4.79 Å². The molecule has 0 saturated heterocycles. The highest BCUT2D eigenvalue weighted by Gasteiger charge is 2.25. The molecule has 0 saturated carbocycles. The minimum Gasteiger partial charge on any atom is -0.495 e. The van der Waals surface area contributed by atoms with Crippen molar-refractivity contribution in [2.24, 2.45) is 5.14 Å². The van der Waals surface area contributed by atoms with Gasteiger partial charge in [0, 0.05) is 11.1 Å². The number of hydrogen-bond donors (Lipinski definition) is 3. The third kappa shape index (κ3) is 5.91. The molecule has 0 aromatic heterocycles. The average Bonchev–Trinajstić information content (AvgIpc) is 2.74. The number of benzene rings is 3. The van der Waals surface area contributed by atoms with E-state index in [4.69, 9.17) is 9.88 Å². The SMILES string of the molecule is COc1ccc(C)cc1NC(=O)[C@H]([NH2+]Cc1ccc(S(N)(=O)=O)cc1)c1ccccc1. The highest BCUT2D eigenvalue weighted by atomic mass is 32.2. The Labute approximate surface area is 182 Å². The summed E-state index contributed by atoms with van der Waals surface area (Å²) < 4.78 is 28.3. The number of carbonyl (C=O) groups excluding carboxylic acids is 1. The van der Waals surface area contributed by atoms with Crippen molar-refractivity contribution >= 4 is 21.6 Å². The number of quaternary nitrogens is 1. The minimum absolute atomic E-state index is 0.0557. The van der Waals surface area contributed by atoms with Crippen LogP contribution in [-0.4, -0.2) is 21.4 Å². The van der Waals surface area contributed by atoms with Crippen LogP contribution in [0.25, 0.3) is 0 Å². The van der Waals surface area contributed by atoms with E-state index in [2.05, 4.69) is 5.32 Å². The number of primary sulfonamides is 1. The van der Waals surface area contributed by atoms with E-state index in [1.165, 1.54) is 12.1 Å². The van der Waals surface area contributed by atoms with Crippen molar-refractivity contribution in [1.29, 1.82) is 0 Å². The molecule has 0 fully saturated rings. The topological polar surface area (TPSA) is 115 Å². The van der Waals surface area contributed by atoms with Crippen LogP contribution in [0.4, 0.5) is 5.69 Å². The number of nitrogens with one attached hydrogen (secondary N) is 1. The summed E-state index contributed by atoms with van der Waals surface area (Å²) in [7, 11) is -2.18. The van der Waals surface area contributed by atoms with Gasteiger partial charge in [0.1, 0.15) is 12.3 Å². The second kappa shape index (κ2) is 9.74. The predicted octanol–water partition coefficient (Wildman–Crippen LogP) is 2.09. The molecular formula is C23H26N3O4S+. The normalized spacial score (nSPS) is 12.2. The average molecular weight is 441 g/mol. The first-order valence-corrected chi connectivity index (χ1v) is 11.3. The van der Waals surface area contributed by atoms with E-state index in [-0.39, 0.29) is 10.8 Å². The molecule has 0 unspecified atom stereocenters. The molecule has 1 atom stereocenters. The van der Waals surface area contributed by atoms with Gasteiger partial charge in [0.05, 0.1) is 17.7 Å². The number of ether oxygens (including phenoxy) is 1. The summed E-state index contributed by atoms with van der Waals surface area (Å²) in [5.74, 6) is 0.403. The van der Waals surface area contributed by atoms with Crippen LogP contribution < -0.4 is 20.5 Å². The zero-order valence-electron chi connectivity index (χ0n) is 17.4. The fourth-order valence-corrected chi connectivity index (χ4v) is 3.77. The molecule has 5 N–H and O–H groups in total. The Bertz CT molecular complexity index is 1150. The van der Waals surface area contributed by atoms with Crippen molar-refractivity contribution in [1.82, 2.24) is 0 Å². The summed E-state index contributed by atoms with van der Waals surface area (Å²) in [6.45, 7) is 2.42. The fraction of sp³-hybridized carbons (Fsp3) is 0.174. The zero-order valence-corrected chi connectivity index (χ0v) is 18.2. The Morgan fingerprint density at radius 2 is 1.74 bits per heavy atom. The van der Waals surface area contributed by atoms with Crippen molar-refractivity contribution in [2.45, 2.75) is 24.4 Å². The summed E-state index contributed by atoms with van der Waals surface area (Å²) in [5.41, 5.74) is 3.34. The number of methoxy groups -OCH3 is 1. The highest BCUT2D eigenvalue weighted by molar-refractivity contribution is 7.89. The minimum atomic E-state index is -3.74. The lowest BCUT2D eigenvalue weighted by atomic mass is 10.1. The lowest BCUT2D eigenvalue weighted by Gasteiger charge is -2.17. The van der Waals surface area contributed by atoms with E-state index in [1.807, 2.05) is 60.8 Å². The first-order valence-electron chi connectivity index (χ1n) is 9.73. The lowest BCUT2D eigenvalue weighted by Crippen LogP contribution is -2.85. The summed E-state index contributed by atoms with van der Waals surface area (Å²) in [5, 5.41) is 10.0. The predicted molar refractivity (Wildman–Crippen MR) is 119 cm³/mol. The number of amides is 1. The molecule has 0 radical (unpaired) electrons. The van der Waals surface area contributed by atoms with Crippen LogP contribution in [0.1, 0.15) is 22.7 Å². The molecule has 0 aliphatic heterocycles. The summed E-state index contributed by atoms with van der Waals surface area (Å²) in [6, 6.07) is 20.9. The van der Waals surface area contributed by atoms with Crippen molar-refractivity contribution in [3.05, 3.63) is 89.5 Å². The molecule has 0 bridgehead atoms. The Kier molecular flexibility index (Phi) is 7.06. The summed E-state index contributed by atoms with van der Waals surface area (Å²) in [6.07, 6.45) is 0. The lowest BCUT2D eigenvalue weighted by molar-refractivity contribution is -0.697. The van der Waals surface area contributed by atoms with Gasteiger partial charge in [-0.1, -0.05) is 48.5 Å². The van der Waals surface area contributed by atoms with Crippen LogP contribution in [0.3, 0.4) is 0 Å². The van der Waals surface area contributed by atoms with E-state index in [9.17, 15) is 13.2 Å². The molecule has 0 aliphatic carbocycles. The van der Waals surface area contributed by atoms with Gasteiger partial charge in [-0.05, 0) is 36.8 Å². The Hall–Kier alpha value is -3.20. The molecule has 7 nitrogen and oxygen atoms in total. The van der Waals surface area contributed by atoms with Crippen LogP contribution in [0, 0.1) is 6.92 Å². The molecule has 8 heteroatoms. The highest BCUT2D eigenvalue weighted by Crippen LogP contribution is 2.26. The van der Waals surface area contributed by atoms with Gasteiger partial charge in [-0.15, -0.1) is 0 Å². The number of anilines is 1. The van der Waals surface area contributed by atoms with Crippen molar-refractivity contribution in [2.75, 3.05) is 12.4 Å². The fourth-order valence-electron chi connectivity index (χ4n) is 3.25. The molecule has 31 heavy (non-hydrogen) atoms. The maximum atomic E-state index is 13.2. The van der Waals surface area contributed by atoms with Gasteiger partial charge < -0.3 is 15.4 Å². The number of carbonyl (C=O) groups is 1. The largest absolute Gasteiger partial charge is 0.495 e. The van der Waals surface area contributed by atoms with Crippen molar-refractivity contribution in [3.8, 4) is 5.75 Å². The van der Waals surface area contributed by atoms with E-state index in [0.29, 0.717) is 18.0 Å². The zero-order chi connectivity index (χ0) is 22.4. The molecule has 3 aromatic rings. The number of sulfonamides is 1. The quantitative estimate of drug-likeness (QED) is 0.497. The first-order chi connectivity index (χ1) is 14.8. The molecule has 3 rings (SSSR count).